The topological polar surface area (TPSA) is 117 Å². The average molecular weight is 413 g/mol. The molecule has 4 rings (SSSR count). The van der Waals surface area contributed by atoms with Crippen molar-refractivity contribution >= 4 is 38.0 Å². The Bertz CT molecular complexity index is 1140. The summed E-state index contributed by atoms with van der Waals surface area (Å²) in [5, 5.41) is 0.706. The molecule has 142 valence electrons. The van der Waals surface area contributed by atoms with Gasteiger partial charge in [-0.15, -0.1) is 11.3 Å². The number of thiophene rings is 1. The Morgan fingerprint density at radius 3 is 2.68 bits per heavy atom. The highest BCUT2D eigenvalue weighted by Crippen LogP contribution is 2.41. The third kappa shape index (κ3) is 3.49. The Hall–Kier alpha value is -2.82. The molecule has 0 fully saturated rings. The monoisotopic (exact) mass is 412 g/mol. The predicted octanol–water partition coefficient (Wildman–Crippen LogP) is 2.55. The molecule has 2 N–H and O–H groups in total. The minimum Gasteiger partial charge on any atom is -0.396 e. The van der Waals surface area contributed by atoms with Crippen LogP contribution in [0.1, 0.15) is 0 Å². The van der Waals surface area contributed by atoms with Gasteiger partial charge in [-0.25, -0.2) is 24.9 Å². The molecule has 0 aliphatic carbocycles. The van der Waals surface area contributed by atoms with E-state index in [1.807, 2.05) is 6.07 Å². The lowest BCUT2D eigenvalue weighted by Crippen LogP contribution is -2.04. The van der Waals surface area contributed by atoms with E-state index in [-0.39, 0.29) is 0 Å². The summed E-state index contributed by atoms with van der Waals surface area (Å²) in [6, 6.07) is 3.61. The van der Waals surface area contributed by atoms with Gasteiger partial charge in [0.05, 0.1) is 34.5 Å². The van der Waals surface area contributed by atoms with E-state index in [1.54, 1.807) is 38.0 Å². The van der Waals surface area contributed by atoms with Crippen LogP contribution in [0.2, 0.25) is 0 Å². The molecule has 0 aliphatic rings. The zero-order valence-corrected chi connectivity index (χ0v) is 16.5. The van der Waals surface area contributed by atoms with Crippen molar-refractivity contribution in [2.45, 2.75) is 4.21 Å². The first-order chi connectivity index (χ1) is 13.7. The van der Waals surface area contributed by atoms with Gasteiger partial charge in [0.15, 0.2) is 5.82 Å². The maximum absolute atomic E-state index is 12.7. The van der Waals surface area contributed by atoms with Gasteiger partial charge in [0.1, 0.15) is 15.4 Å². The van der Waals surface area contributed by atoms with Crippen LogP contribution in [0, 0.1) is 0 Å². The van der Waals surface area contributed by atoms with E-state index in [4.69, 9.17) is 15.5 Å². The first-order valence-electron chi connectivity index (χ1n) is 8.32. The summed E-state index contributed by atoms with van der Waals surface area (Å²) in [5.74, 6) is 0.885. The molecule has 0 saturated heterocycles. The zero-order chi connectivity index (χ0) is 19.5. The fraction of sp³-hybridized carbons (Fsp3) is 0.167. The van der Waals surface area contributed by atoms with E-state index in [1.165, 1.54) is 17.7 Å². The van der Waals surface area contributed by atoms with Crippen molar-refractivity contribution in [3.63, 3.8) is 0 Å². The van der Waals surface area contributed by atoms with Crippen LogP contribution in [0.15, 0.2) is 47.5 Å². The van der Waals surface area contributed by atoms with E-state index in [9.17, 15) is 4.21 Å². The Morgan fingerprint density at radius 2 is 1.96 bits per heavy atom. The van der Waals surface area contributed by atoms with Gasteiger partial charge < -0.3 is 10.5 Å². The molecule has 4 aromatic heterocycles. The van der Waals surface area contributed by atoms with Crippen LogP contribution in [-0.2, 0) is 15.5 Å². The van der Waals surface area contributed by atoms with E-state index < -0.39 is 10.8 Å². The Kier molecular flexibility index (Phi) is 5.33. The summed E-state index contributed by atoms with van der Waals surface area (Å²) in [6.07, 6.45) is 8.17. The van der Waals surface area contributed by atoms with E-state index in [2.05, 4.69) is 19.9 Å². The third-order valence-corrected chi connectivity index (χ3v) is 6.88. The predicted molar refractivity (Wildman–Crippen MR) is 109 cm³/mol. The van der Waals surface area contributed by atoms with Gasteiger partial charge in [0.25, 0.3) is 0 Å². The molecule has 0 aromatic carbocycles. The lowest BCUT2D eigenvalue weighted by molar-refractivity contribution is 0.218. The van der Waals surface area contributed by atoms with Crippen LogP contribution >= 0.6 is 11.3 Å². The van der Waals surface area contributed by atoms with Crippen LogP contribution in [0.5, 0.6) is 0 Å². The second-order valence-corrected chi connectivity index (χ2v) is 8.55. The lowest BCUT2D eigenvalue weighted by Gasteiger charge is -2.07. The van der Waals surface area contributed by atoms with Crippen LogP contribution in [-0.4, -0.2) is 48.6 Å². The van der Waals surface area contributed by atoms with Gasteiger partial charge in [-0.2, -0.15) is 0 Å². The molecule has 0 bridgehead atoms. The number of pyridine rings is 1. The number of methoxy groups -OCH3 is 1. The Balaban J connectivity index is 1.95. The normalized spacial score (nSPS) is 12.3. The molecule has 28 heavy (non-hydrogen) atoms. The van der Waals surface area contributed by atoms with E-state index >= 15 is 0 Å². The van der Waals surface area contributed by atoms with Gasteiger partial charge in [0, 0.05) is 48.4 Å². The fourth-order valence-electron chi connectivity index (χ4n) is 2.72. The standard InChI is InChI=1S/C18H16N6O2S2/c1-26-5-6-28(25)18-15(19)14-12(16-22-3-2-4-23-16)7-13(24-17(14)27-18)11-8-20-10-21-9-11/h2-4,7-10H,5-6,19H2,1H3. The zero-order valence-electron chi connectivity index (χ0n) is 14.9. The second kappa shape index (κ2) is 8.05. The molecule has 0 spiro atoms. The van der Waals surface area contributed by atoms with Crippen molar-refractivity contribution in [3.05, 3.63) is 43.2 Å². The molecule has 0 amide bonds. The first kappa shape index (κ1) is 18.5. The number of hydrogen-bond acceptors (Lipinski definition) is 9. The van der Waals surface area contributed by atoms with Crippen LogP contribution in [0.4, 0.5) is 5.69 Å². The highest BCUT2D eigenvalue weighted by atomic mass is 32.2. The minimum atomic E-state index is -1.28. The van der Waals surface area contributed by atoms with Crippen LogP contribution < -0.4 is 5.73 Å². The smallest absolute Gasteiger partial charge is 0.159 e. The average Bonchev–Trinajstić information content (AvgIpc) is 3.09. The molecule has 1 unspecified atom stereocenters. The summed E-state index contributed by atoms with van der Waals surface area (Å²) in [6.45, 7) is 0.384. The van der Waals surface area contributed by atoms with Gasteiger partial charge >= 0.3 is 0 Å². The number of nitrogens with zero attached hydrogens (tertiary/aromatic N) is 5. The van der Waals surface area contributed by atoms with Gasteiger partial charge in [-0.05, 0) is 12.1 Å². The Morgan fingerprint density at radius 1 is 1.21 bits per heavy atom. The number of anilines is 1. The lowest BCUT2D eigenvalue weighted by atomic mass is 10.1. The summed E-state index contributed by atoms with van der Waals surface area (Å²) in [7, 11) is 0.295. The summed E-state index contributed by atoms with van der Waals surface area (Å²) in [4.78, 5) is 22.2. The SMILES string of the molecule is COCCS(=O)c1sc2nc(-c3cncnc3)cc(-c3ncccn3)c2c1N. The minimum absolute atomic E-state index is 0.365. The van der Waals surface area contributed by atoms with Crippen LogP contribution in [0.25, 0.3) is 32.9 Å². The largest absolute Gasteiger partial charge is 0.396 e. The molecule has 0 aliphatic heterocycles. The van der Waals surface area contributed by atoms with Gasteiger partial charge in [-0.1, -0.05) is 0 Å². The molecule has 10 heteroatoms. The number of fused-ring (bicyclic) bond motifs is 1. The quantitative estimate of drug-likeness (QED) is 0.513. The molecule has 0 saturated carbocycles. The van der Waals surface area contributed by atoms with Crippen molar-refractivity contribution in [1.82, 2.24) is 24.9 Å². The van der Waals surface area contributed by atoms with Crippen molar-refractivity contribution in [2.75, 3.05) is 25.2 Å². The van der Waals surface area contributed by atoms with Crippen molar-refractivity contribution in [3.8, 4) is 22.6 Å². The van der Waals surface area contributed by atoms with Crippen molar-refractivity contribution in [2.24, 2.45) is 0 Å². The number of rotatable bonds is 6. The number of hydrogen-bond donors (Lipinski definition) is 1. The maximum Gasteiger partial charge on any atom is 0.159 e. The molecular formula is C18H16N6O2S2. The summed E-state index contributed by atoms with van der Waals surface area (Å²) < 4.78 is 18.3. The Labute approximate surface area is 167 Å². The molecule has 4 aromatic rings. The first-order valence-corrected chi connectivity index (χ1v) is 10.5. The molecule has 4 heterocycles. The highest BCUT2D eigenvalue weighted by molar-refractivity contribution is 7.87. The van der Waals surface area contributed by atoms with Gasteiger partial charge in [0.2, 0.25) is 0 Å². The van der Waals surface area contributed by atoms with Crippen LogP contribution in [0.3, 0.4) is 0 Å². The van der Waals surface area contributed by atoms with Gasteiger partial charge in [-0.3, -0.25) is 4.21 Å². The third-order valence-electron chi connectivity index (χ3n) is 4.01. The summed E-state index contributed by atoms with van der Waals surface area (Å²) in [5.41, 5.74) is 9.00. The molecule has 1 atom stereocenters. The summed E-state index contributed by atoms with van der Waals surface area (Å²) >= 11 is 1.31. The maximum atomic E-state index is 12.7. The van der Waals surface area contributed by atoms with Crippen molar-refractivity contribution in [1.29, 1.82) is 0 Å². The number of aromatic nitrogens is 5. The number of ether oxygens (including phenoxy) is 1. The number of nitrogen functional groups attached to an aromatic ring is 1. The van der Waals surface area contributed by atoms with Crippen molar-refractivity contribution < 1.29 is 8.95 Å². The molecular weight excluding hydrogens is 396 g/mol. The second-order valence-electron chi connectivity index (χ2n) is 5.78. The number of nitrogens with two attached hydrogens (primary N) is 1. The highest BCUT2D eigenvalue weighted by Gasteiger charge is 2.21. The fourth-order valence-corrected chi connectivity index (χ4v) is 5.28. The molecule has 0 radical (unpaired) electrons. The van der Waals surface area contributed by atoms with E-state index in [0.717, 1.165) is 11.1 Å². The van der Waals surface area contributed by atoms with E-state index in [0.29, 0.717) is 44.0 Å². The molecule has 8 nitrogen and oxygen atoms in total.